The van der Waals surface area contributed by atoms with Crippen LogP contribution in [0.25, 0.3) is 5.69 Å². The molecular weight excluding hydrogens is 238 g/mol. The van der Waals surface area contributed by atoms with Crippen LogP contribution in [0, 0.1) is 20.8 Å². The number of pyridine rings is 1. The third kappa shape index (κ3) is 2.66. The van der Waals surface area contributed by atoms with Crippen molar-refractivity contribution in [2.24, 2.45) is 0 Å². The molecule has 0 aliphatic heterocycles. The summed E-state index contributed by atoms with van der Waals surface area (Å²) in [5.74, 6) is 1.71. The fourth-order valence-corrected chi connectivity index (χ4v) is 2.20. The molecule has 5 nitrogen and oxygen atoms in total. The Morgan fingerprint density at radius 3 is 2.74 bits per heavy atom. The first-order valence-corrected chi connectivity index (χ1v) is 6.73. The van der Waals surface area contributed by atoms with E-state index in [0.29, 0.717) is 6.04 Å². The zero-order chi connectivity index (χ0) is 13.4. The lowest BCUT2D eigenvalue weighted by molar-refractivity contribution is 0.676. The molecule has 0 bridgehead atoms. The van der Waals surface area contributed by atoms with E-state index in [4.69, 9.17) is 0 Å². The summed E-state index contributed by atoms with van der Waals surface area (Å²) in [7, 11) is 0. The van der Waals surface area contributed by atoms with Gasteiger partial charge in [-0.25, -0.2) is 9.67 Å². The second-order valence-corrected chi connectivity index (χ2v) is 5.23. The highest BCUT2D eigenvalue weighted by Crippen LogP contribution is 2.21. The lowest BCUT2D eigenvalue weighted by atomic mass is 10.2. The Bertz CT molecular complexity index is 598. The van der Waals surface area contributed by atoms with Crippen LogP contribution in [-0.4, -0.2) is 25.8 Å². The Kier molecular flexibility index (Phi) is 3.06. The van der Waals surface area contributed by atoms with Gasteiger partial charge in [-0.2, -0.15) is 5.10 Å². The lowest BCUT2D eigenvalue weighted by Crippen LogP contribution is -2.18. The molecule has 0 atom stereocenters. The molecule has 1 saturated carbocycles. The smallest absolute Gasteiger partial charge is 0.148 e. The lowest BCUT2D eigenvalue weighted by Gasteiger charge is -2.11. The Labute approximate surface area is 113 Å². The van der Waals surface area contributed by atoms with E-state index in [0.717, 1.165) is 29.6 Å². The zero-order valence-corrected chi connectivity index (χ0v) is 11.6. The molecule has 3 rings (SSSR count). The van der Waals surface area contributed by atoms with E-state index >= 15 is 0 Å². The highest BCUT2D eigenvalue weighted by Gasteiger charge is 2.21. The fraction of sp³-hybridized carbons (Fsp3) is 0.500. The molecule has 0 saturated heterocycles. The van der Waals surface area contributed by atoms with Crippen LogP contribution in [0.5, 0.6) is 0 Å². The van der Waals surface area contributed by atoms with Crippen molar-refractivity contribution in [1.29, 1.82) is 0 Å². The van der Waals surface area contributed by atoms with Crippen molar-refractivity contribution in [3.05, 3.63) is 35.2 Å². The van der Waals surface area contributed by atoms with E-state index in [2.05, 4.69) is 26.4 Å². The Morgan fingerprint density at radius 1 is 1.32 bits per heavy atom. The molecule has 0 spiro atoms. The van der Waals surface area contributed by atoms with Gasteiger partial charge in [-0.05, 0) is 39.7 Å². The van der Waals surface area contributed by atoms with Crippen molar-refractivity contribution in [1.82, 2.24) is 25.1 Å². The molecule has 1 aliphatic carbocycles. The Morgan fingerprint density at radius 2 is 2.11 bits per heavy atom. The van der Waals surface area contributed by atoms with Gasteiger partial charge in [0, 0.05) is 30.0 Å². The van der Waals surface area contributed by atoms with Crippen LogP contribution in [-0.2, 0) is 6.54 Å². The third-order valence-electron chi connectivity index (χ3n) is 3.36. The van der Waals surface area contributed by atoms with E-state index in [9.17, 15) is 0 Å². The average molecular weight is 257 g/mol. The molecule has 1 N–H and O–H groups in total. The molecule has 2 aromatic heterocycles. The largest absolute Gasteiger partial charge is 0.310 e. The van der Waals surface area contributed by atoms with E-state index in [1.54, 1.807) is 0 Å². The van der Waals surface area contributed by atoms with Crippen LogP contribution in [0.15, 0.2) is 12.3 Å². The summed E-state index contributed by atoms with van der Waals surface area (Å²) in [6.45, 7) is 6.74. The summed E-state index contributed by atoms with van der Waals surface area (Å²) in [4.78, 5) is 8.78. The molecule has 0 aromatic carbocycles. The molecular formula is C14H19N5. The number of aryl methyl sites for hydroxylation is 3. The molecule has 2 aromatic rings. The number of hydrogen-bond donors (Lipinski definition) is 1. The normalized spacial score (nSPS) is 14.9. The topological polar surface area (TPSA) is 55.6 Å². The maximum Gasteiger partial charge on any atom is 0.148 e. The zero-order valence-electron chi connectivity index (χ0n) is 11.6. The summed E-state index contributed by atoms with van der Waals surface area (Å²) in [6.07, 6.45) is 4.52. The fourth-order valence-electron chi connectivity index (χ4n) is 2.20. The monoisotopic (exact) mass is 257 g/mol. The number of aromatic nitrogens is 4. The van der Waals surface area contributed by atoms with Crippen LogP contribution >= 0.6 is 0 Å². The standard InChI is InChI=1S/C14H19N5/c1-9-6-14(19-11(3)17-10(2)18-19)12(7-15-9)8-16-13-4-5-13/h6-7,13,16H,4-5,8H2,1-3H3. The Hall–Kier alpha value is -1.75. The molecule has 5 heteroatoms. The van der Waals surface area contributed by atoms with E-state index < -0.39 is 0 Å². The average Bonchev–Trinajstić information content (AvgIpc) is 3.13. The number of nitrogens with one attached hydrogen (secondary N) is 1. The molecule has 0 unspecified atom stereocenters. The molecule has 100 valence electrons. The molecule has 19 heavy (non-hydrogen) atoms. The van der Waals surface area contributed by atoms with Crippen molar-refractivity contribution in [2.45, 2.75) is 46.2 Å². The summed E-state index contributed by atoms with van der Waals surface area (Å²) < 4.78 is 1.91. The molecule has 1 fully saturated rings. The van der Waals surface area contributed by atoms with E-state index in [1.165, 1.54) is 18.4 Å². The minimum atomic E-state index is 0.688. The van der Waals surface area contributed by atoms with Crippen LogP contribution in [0.2, 0.25) is 0 Å². The van der Waals surface area contributed by atoms with Gasteiger partial charge < -0.3 is 5.32 Å². The minimum absolute atomic E-state index is 0.688. The van der Waals surface area contributed by atoms with E-state index in [-0.39, 0.29) is 0 Å². The second-order valence-electron chi connectivity index (χ2n) is 5.23. The van der Waals surface area contributed by atoms with Crippen molar-refractivity contribution in [3.8, 4) is 5.69 Å². The van der Waals surface area contributed by atoms with Gasteiger partial charge in [0.25, 0.3) is 0 Å². The SMILES string of the molecule is Cc1cc(-n2nc(C)nc2C)c(CNC2CC2)cn1. The molecule has 0 amide bonds. The predicted molar refractivity (Wildman–Crippen MR) is 73.2 cm³/mol. The van der Waals surface area contributed by atoms with Gasteiger partial charge in [-0.3, -0.25) is 4.98 Å². The van der Waals surface area contributed by atoms with Crippen molar-refractivity contribution in [2.75, 3.05) is 0 Å². The number of hydrogen-bond acceptors (Lipinski definition) is 4. The maximum absolute atomic E-state index is 4.47. The molecule has 0 radical (unpaired) electrons. The first-order chi connectivity index (χ1) is 9.13. The number of rotatable bonds is 4. The summed E-state index contributed by atoms with van der Waals surface area (Å²) >= 11 is 0. The minimum Gasteiger partial charge on any atom is -0.310 e. The van der Waals surface area contributed by atoms with Gasteiger partial charge in [0.05, 0.1) is 5.69 Å². The predicted octanol–water partition coefficient (Wildman–Crippen LogP) is 1.84. The van der Waals surface area contributed by atoms with Gasteiger partial charge in [-0.15, -0.1) is 0 Å². The summed E-state index contributed by atoms with van der Waals surface area (Å²) in [5, 5.41) is 8.00. The van der Waals surface area contributed by atoms with Gasteiger partial charge in [0.15, 0.2) is 0 Å². The molecule has 1 aliphatic rings. The first-order valence-electron chi connectivity index (χ1n) is 6.73. The van der Waals surface area contributed by atoms with Crippen LogP contribution in [0.3, 0.4) is 0 Å². The van der Waals surface area contributed by atoms with Crippen LogP contribution < -0.4 is 5.32 Å². The Balaban J connectivity index is 1.97. The quantitative estimate of drug-likeness (QED) is 0.908. The highest BCUT2D eigenvalue weighted by molar-refractivity contribution is 5.40. The van der Waals surface area contributed by atoms with E-state index in [1.807, 2.05) is 31.6 Å². The van der Waals surface area contributed by atoms with Crippen molar-refractivity contribution in [3.63, 3.8) is 0 Å². The van der Waals surface area contributed by atoms with Crippen molar-refractivity contribution >= 4 is 0 Å². The second kappa shape index (κ2) is 4.74. The van der Waals surface area contributed by atoms with Gasteiger partial charge in [0.1, 0.15) is 11.6 Å². The van der Waals surface area contributed by atoms with Gasteiger partial charge >= 0.3 is 0 Å². The van der Waals surface area contributed by atoms with Crippen molar-refractivity contribution < 1.29 is 0 Å². The van der Waals surface area contributed by atoms with Crippen LogP contribution in [0.4, 0.5) is 0 Å². The highest BCUT2D eigenvalue weighted by atomic mass is 15.3. The van der Waals surface area contributed by atoms with Gasteiger partial charge in [-0.1, -0.05) is 0 Å². The van der Waals surface area contributed by atoms with Gasteiger partial charge in [0.2, 0.25) is 0 Å². The maximum atomic E-state index is 4.47. The summed E-state index contributed by atoms with van der Waals surface area (Å²) in [6, 6.07) is 2.76. The molecule has 2 heterocycles. The summed E-state index contributed by atoms with van der Waals surface area (Å²) in [5.41, 5.74) is 3.25. The number of nitrogens with zero attached hydrogens (tertiary/aromatic N) is 4. The third-order valence-corrected chi connectivity index (χ3v) is 3.36. The first kappa shape index (κ1) is 12.3. The van der Waals surface area contributed by atoms with Crippen LogP contribution in [0.1, 0.15) is 35.7 Å².